The van der Waals surface area contributed by atoms with Crippen LogP contribution in [0.4, 0.5) is 0 Å². The number of benzene rings is 2. The predicted molar refractivity (Wildman–Crippen MR) is 124 cm³/mol. The average molecular weight is 424 g/mol. The molecule has 3 aromatic rings. The van der Waals surface area contributed by atoms with Gasteiger partial charge in [0.2, 0.25) is 0 Å². The molecular formula is C24H29N3O2S. The molecule has 0 spiro atoms. The van der Waals surface area contributed by atoms with E-state index in [4.69, 9.17) is 9.72 Å². The molecule has 1 fully saturated rings. The van der Waals surface area contributed by atoms with Crippen molar-refractivity contribution in [3.05, 3.63) is 64.4 Å². The molecule has 5 nitrogen and oxygen atoms in total. The van der Waals surface area contributed by atoms with Gasteiger partial charge < -0.3 is 4.74 Å². The van der Waals surface area contributed by atoms with Gasteiger partial charge in [-0.1, -0.05) is 55.4 Å². The second kappa shape index (κ2) is 9.33. The molecule has 2 aromatic carbocycles. The van der Waals surface area contributed by atoms with E-state index in [1.54, 1.807) is 16.3 Å². The minimum absolute atomic E-state index is 0.0297. The first kappa shape index (κ1) is 21.1. The highest BCUT2D eigenvalue weighted by molar-refractivity contribution is 7.99. The number of hydrogen-bond acceptors (Lipinski definition) is 5. The van der Waals surface area contributed by atoms with Crippen LogP contribution in [0.5, 0.6) is 0 Å². The molecule has 1 aliphatic rings. The van der Waals surface area contributed by atoms with Crippen molar-refractivity contribution < 1.29 is 4.74 Å². The van der Waals surface area contributed by atoms with E-state index in [1.165, 1.54) is 0 Å². The number of morpholine rings is 1. The van der Waals surface area contributed by atoms with Crippen LogP contribution in [0, 0.1) is 12.8 Å². The normalized spacial score (nSPS) is 17.7. The molecular weight excluding hydrogens is 394 g/mol. The molecule has 2 heterocycles. The van der Waals surface area contributed by atoms with Gasteiger partial charge in [-0.05, 0) is 37.1 Å². The maximum Gasteiger partial charge on any atom is 0.266 e. The van der Waals surface area contributed by atoms with Gasteiger partial charge in [0.1, 0.15) is 0 Å². The molecule has 0 radical (unpaired) electrons. The number of aromatic nitrogens is 2. The minimum atomic E-state index is -0.0297. The summed E-state index contributed by atoms with van der Waals surface area (Å²) >= 11 is 1.60. The van der Waals surface area contributed by atoms with Crippen LogP contribution >= 0.6 is 11.8 Å². The fourth-order valence-electron chi connectivity index (χ4n) is 3.86. The Labute approximate surface area is 182 Å². The zero-order chi connectivity index (χ0) is 21.1. The number of fused-ring (bicyclic) bond motifs is 1. The van der Waals surface area contributed by atoms with Crippen molar-refractivity contribution in [2.75, 3.05) is 32.0 Å². The van der Waals surface area contributed by atoms with Crippen molar-refractivity contribution in [1.29, 1.82) is 0 Å². The molecule has 0 amide bonds. The Hall–Kier alpha value is -2.15. The van der Waals surface area contributed by atoms with E-state index in [2.05, 4.69) is 18.7 Å². The smallest absolute Gasteiger partial charge is 0.266 e. The van der Waals surface area contributed by atoms with Crippen LogP contribution in [-0.2, 0) is 4.74 Å². The van der Waals surface area contributed by atoms with E-state index in [0.717, 1.165) is 48.8 Å². The first-order valence-corrected chi connectivity index (χ1v) is 11.6. The maximum atomic E-state index is 13.3. The molecule has 0 N–H and O–H groups in total. The Balaban J connectivity index is 1.63. The lowest BCUT2D eigenvalue weighted by Gasteiger charge is -2.33. The highest BCUT2D eigenvalue weighted by Crippen LogP contribution is 2.24. The summed E-state index contributed by atoms with van der Waals surface area (Å²) in [5.41, 5.74) is 2.71. The zero-order valence-corrected chi connectivity index (χ0v) is 18.7. The monoisotopic (exact) mass is 423 g/mol. The summed E-state index contributed by atoms with van der Waals surface area (Å²) in [4.78, 5) is 20.6. The van der Waals surface area contributed by atoms with Gasteiger partial charge in [-0.3, -0.25) is 14.3 Å². The molecule has 1 aliphatic heterocycles. The Kier molecular flexibility index (Phi) is 6.56. The van der Waals surface area contributed by atoms with Crippen molar-refractivity contribution >= 4 is 22.7 Å². The predicted octanol–water partition coefficient (Wildman–Crippen LogP) is 4.14. The molecule has 1 aromatic heterocycles. The fourth-order valence-corrected chi connectivity index (χ4v) is 4.88. The van der Waals surface area contributed by atoms with Crippen LogP contribution in [0.1, 0.15) is 19.4 Å². The number of para-hydroxylation sites is 1. The molecule has 30 heavy (non-hydrogen) atoms. The first-order valence-electron chi connectivity index (χ1n) is 10.6. The lowest BCUT2D eigenvalue weighted by atomic mass is 10.2. The molecule has 6 heteroatoms. The van der Waals surface area contributed by atoms with Gasteiger partial charge in [0, 0.05) is 25.4 Å². The van der Waals surface area contributed by atoms with Crippen LogP contribution in [-0.4, -0.2) is 52.5 Å². The van der Waals surface area contributed by atoms with Gasteiger partial charge in [0.15, 0.2) is 5.16 Å². The van der Waals surface area contributed by atoms with E-state index >= 15 is 0 Å². The van der Waals surface area contributed by atoms with Crippen molar-refractivity contribution in [1.82, 2.24) is 14.5 Å². The van der Waals surface area contributed by atoms with E-state index < -0.39 is 0 Å². The van der Waals surface area contributed by atoms with Crippen LogP contribution in [0.25, 0.3) is 16.6 Å². The molecule has 0 aliphatic carbocycles. The van der Waals surface area contributed by atoms with Crippen molar-refractivity contribution in [2.24, 2.45) is 5.92 Å². The third-order valence-electron chi connectivity index (χ3n) is 5.28. The Morgan fingerprint density at radius 2 is 1.93 bits per heavy atom. The van der Waals surface area contributed by atoms with Crippen molar-refractivity contribution in [3.8, 4) is 5.69 Å². The van der Waals surface area contributed by atoms with Crippen molar-refractivity contribution in [3.63, 3.8) is 0 Å². The second-order valence-electron chi connectivity index (χ2n) is 8.34. The molecule has 1 atom stereocenters. The van der Waals surface area contributed by atoms with E-state index in [9.17, 15) is 4.79 Å². The molecule has 1 saturated heterocycles. The Morgan fingerprint density at radius 1 is 1.17 bits per heavy atom. The summed E-state index contributed by atoms with van der Waals surface area (Å²) < 4.78 is 7.75. The van der Waals surface area contributed by atoms with E-state index in [0.29, 0.717) is 16.5 Å². The third kappa shape index (κ3) is 4.77. The van der Waals surface area contributed by atoms with Gasteiger partial charge in [-0.15, -0.1) is 0 Å². The lowest BCUT2D eigenvalue weighted by Crippen LogP contribution is -2.44. The second-order valence-corrected chi connectivity index (χ2v) is 9.33. The number of nitrogens with zero attached hydrogens (tertiary/aromatic N) is 3. The van der Waals surface area contributed by atoms with Gasteiger partial charge in [0.05, 0.1) is 29.3 Å². The summed E-state index contributed by atoms with van der Waals surface area (Å²) in [5, 5.41) is 1.35. The van der Waals surface area contributed by atoms with Crippen LogP contribution in [0.3, 0.4) is 0 Å². The first-order chi connectivity index (χ1) is 14.5. The lowest BCUT2D eigenvalue weighted by molar-refractivity contribution is -0.0191. The maximum absolute atomic E-state index is 13.3. The van der Waals surface area contributed by atoms with Gasteiger partial charge >= 0.3 is 0 Å². The molecule has 0 bridgehead atoms. The summed E-state index contributed by atoms with van der Waals surface area (Å²) in [6.07, 6.45) is 0.136. The summed E-state index contributed by atoms with van der Waals surface area (Å²) in [5.74, 6) is 1.41. The standard InChI is InChI=1S/C24H29N3O2S/c1-17(2)14-26-12-13-29-20(15-26)16-30-24-25-22-7-5-4-6-21(22)23(28)27(24)19-10-8-18(3)9-11-19/h4-11,17,20H,12-16H2,1-3H3/t20-/m0/s1. The Bertz CT molecular complexity index is 1060. The average Bonchev–Trinajstić information content (AvgIpc) is 2.73. The number of ether oxygens (including phenoxy) is 1. The molecule has 0 unspecified atom stereocenters. The highest BCUT2D eigenvalue weighted by Gasteiger charge is 2.22. The van der Waals surface area contributed by atoms with Crippen LogP contribution < -0.4 is 5.56 Å². The molecule has 4 rings (SSSR count). The quantitative estimate of drug-likeness (QED) is 0.440. The van der Waals surface area contributed by atoms with E-state index in [-0.39, 0.29) is 11.7 Å². The van der Waals surface area contributed by atoms with Crippen molar-refractivity contribution in [2.45, 2.75) is 32.0 Å². The number of hydrogen-bond donors (Lipinski definition) is 0. The van der Waals surface area contributed by atoms with Gasteiger partial charge in [0.25, 0.3) is 5.56 Å². The van der Waals surface area contributed by atoms with Crippen LogP contribution in [0.15, 0.2) is 58.5 Å². The largest absolute Gasteiger partial charge is 0.375 e. The topological polar surface area (TPSA) is 47.4 Å². The fraction of sp³-hybridized carbons (Fsp3) is 0.417. The summed E-state index contributed by atoms with van der Waals surface area (Å²) in [6, 6.07) is 15.6. The zero-order valence-electron chi connectivity index (χ0n) is 17.9. The SMILES string of the molecule is Cc1ccc(-n2c(SC[C@@H]3CN(CC(C)C)CCO3)nc3ccccc3c2=O)cc1. The number of aryl methyl sites for hydroxylation is 1. The molecule has 158 valence electrons. The number of rotatable bonds is 6. The van der Waals surface area contributed by atoms with E-state index in [1.807, 2.05) is 55.5 Å². The van der Waals surface area contributed by atoms with Gasteiger partial charge in [-0.2, -0.15) is 0 Å². The highest BCUT2D eigenvalue weighted by atomic mass is 32.2. The van der Waals surface area contributed by atoms with Crippen LogP contribution in [0.2, 0.25) is 0 Å². The van der Waals surface area contributed by atoms with Gasteiger partial charge in [-0.25, -0.2) is 4.98 Å². The molecule has 0 saturated carbocycles. The minimum Gasteiger partial charge on any atom is -0.375 e. The Morgan fingerprint density at radius 3 is 2.70 bits per heavy atom. The summed E-state index contributed by atoms with van der Waals surface area (Å²) in [6.45, 7) is 10.3. The number of thioether (sulfide) groups is 1. The third-order valence-corrected chi connectivity index (χ3v) is 6.35. The summed E-state index contributed by atoms with van der Waals surface area (Å²) in [7, 11) is 0.